The Morgan fingerprint density at radius 1 is 0.647 bits per heavy atom. The van der Waals surface area contributed by atoms with Gasteiger partial charge in [0.15, 0.2) is 0 Å². The Bertz CT molecular complexity index is 2430. The molecule has 4 nitrogen and oxygen atoms in total. The normalized spacial score (nSPS) is 20.3. The van der Waals surface area contributed by atoms with Crippen LogP contribution in [0.3, 0.4) is 0 Å². The van der Waals surface area contributed by atoms with Crippen molar-refractivity contribution in [2.75, 3.05) is 5.32 Å². The molecule has 6 aromatic carbocycles. The van der Waals surface area contributed by atoms with Crippen LogP contribution in [0.2, 0.25) is 0 Å². The second-order valence-electron chi connectivity index (χ2n) is 13.3. The number of fused-ring (bicyclic) bond motifs is 3. The van der Waals surface area contributed by atoms with Crippen LogP contribution in [0.1, 0.15) is 53.0 Å². The number of benzene rings is 6. The summed E-state index contributed by atoms with van der Waals surface area (Å²) in [5.41, 5.74) is 9.42. The van der Waals surface area contributed by atoms with Gasteiger partial charge in [-0.3, -0.25) is 5.32 Å². The number of amidine groups is 1. The van der Waals surface area contributed by atoms with Crippen molar-refractivity contribution in [3.8, 4) is 0 Å². The number of hydrogen-bond acceptors (Lipinski definition) is 5. The smallest absolute Gasteiger partial charge is 0.131 e. The van der Waals surface area contributed by atoms with Crippen LogP contribution in [0.15, 0.2) is 181 Å². The molecular formula is C46H38N4S. The summed E-state index contributed by atoms with van der Waals surface area (Å²) in [7, 11) is 0. The second kappa shape index (κ2) is 13.5. The summed E-state index contributed by atoms with van der Waals surface area (Å²) in [4.78, 5) is 5.19. The SMILES string of the molecule is CC1C(c2ccccc2)=C(Nc2cccc(C3=NC(c4ccccc4)NC(c4ccccc4)N3)c2)C=CC1c1cccc2c1sc1ccccc12. The van der Waals surface area contributed by atoms with Crippen molar-refractivity contribution < 1.29 is 0 Å². The number of anilines is 1. The zero-order chi connectivity index (χ0) is 34.1. The van der Waals surface area contributed by atoms with E-state index in [9.17, 15) is 0 Å². The highest BCUT2D eigenvalue weighted by molar-refractivity contribution is 7.26. The maximum atomic E-state index is 5.19. The Morgan fingerprint density at radius 2 is 1.31 bits per heavy atom. The van der Waals surface area contributed by atoms with E-state index in [-0.39, 0.29) is 24.2 Å². The predicted octanol–water partition coefficient (Wildman–Crippen LogP) is 11.2. The molecule has 0 bridgehead atoms. The lowest BCUT2D eigenvalue weighted by Crippen LogP contribution is -2.44. The molecule has 1 aliphatic carbocycles. The molecule has 51 heavy (non-hydrogen) atoms. The molecule has 5 heteroatoms. The van der Waals surface area contributed by atoms with E-state index in [0.717, 1.165) is 28.3 Å². The third-order valence-corrected chi connectivity index (χ3v) is 11.4. The summed E-state index contributed by atoms with van der Waals surface area (Å²) < 4.78 is 2.72. The van der Waals surface area contributed by atoms with Gasteiger partial charge in [-0.15, -0.1) is 11.3 Å². The molecule has 2 heterocycles. The number of hydrogen-bond donors (Lipinski definition) is 3. The van der Waals surface area contributed by atoms with Crippen LogP contribution in [0.4, 0.5) is 5.69 Å². The molecule has 248 valence electrons. The average Bonchev–Trinajstić information content (AvgIpc) is 3.58. The van der Waals surface area contributed by atoms with Gasteiger partial charge in [0.25, 0.3) is 0 Å². The van der Waals surface area contributed by atoms with Gasteiger partial charge in [0.2, 0.25) is 0 Å². The van der Waals surface area contributed by atoms with Crippen LogP contribution in [-0.2, 0) is 0 Å². The molecule has 1 aromatic heterocycles. The predicted molar refractivity (Wildman–Crippen MR) is 215 cm³/mol. The summed E-state index contributed by atoms with van der Waals surface area (Å²) in [6.07, 6.45) is 4.43. The van der Waals surface area contributed by atoms with E-state index in [1.54, 1.807) is 0 Å². The molecule has 2 aliphatic rings. The third kappa shape index (κ3) is 6.05. The summed E-state index contributed by atoms with van der Waals surface area (Å²) >= 11 is 1.91. The van der Waals surface area contributed by atoms with Gasteiger partial charge in [-0.05, 0) is 58.0 Å². The molecular weight excluding hydrogens is 641 g/mol. The Balaban J connectivity index is 1.07. The van der Waals surface area contributed by atoms with Gasteiger partial charge in [-0.25, -0.2) is 4.99 Å². The van der Waals surface area contributed by atoms with E-state index in [1.165, 1.54) is 42.4 Å². The van der Waals surface area contributed by atoms with Crippen molar-refractivity contribution in [2.45, 2.75) is 25.2 Å². The minimum atomic E-state index is -0.180. The van der Waals surface area contributed by atoms with Crippen LogP contribution in [0.5, 0.6) is 0 Å². The van der Waals surface area contributed by atoms with E-state index < -0.39 is 0 Å². The summed E-state index contributed by atoms with van der Waals surface area (Å²) in [6, 6.07) is 56.0. The van der Waals surface area contributed by atoms with Gasteiger partial charge in [0.05, 0.1) is 0 Å². The van der Waals surface area contributed by atoms with Crippen LogP contribution < -0.4 is 16.0 Å². The van der Waals surface area contributed by atoms with E-state index in [0.29, 0.717) is 0 Å². The van der Waals surface area contributed by atoms with Gasteiger partial charge in [0, 0.05) is 43.0 Å². The molecule has 0 spiro atoms. The molecule has 4 unspecified atom stereocenters. The Kier molecular flexibility index (Phi) is 8.28. The summed E-state index contributed by atoms with van der Waals surface area (Å²) in [6.45, 7) is 2.38. The van der Waals surface area contributed by atoms with Gasteiger partial charge < -0.3 is 10.6 Å². The topological polar surface area (TPSA) is 48.5 Å². The largest absolute Gasteiger partial charge is 0.355 e. The van der Waals surface area contributed by atoms with Crippen molar-refractivity contribution in [2.24, 2.45) is 10.9 Å². The standard InChI is InChI=1S/C46H38N4S/c1-30-36(38-24-14-25-39-37-23-11-12-26-41(37)51-43(38)39)27-28-40(42(30)31-15-5-2-6-16-31)47-35-22-13-21-34(29-35)46-49-44(32-17-7-3-8-18-32)48-45(50-46)33-19-9-4-10-20-33/h2-30,36,44-45,47-48H,1H3,(H,49,50). The summed E-state index contributed by atoms with van der Waals surface area (Å²) in [5, 5.41) is 13.9. The molecule has 0 saturated carbocycles. The van der Waals surface area contributed by atoms with Gasteiger partial charge in [-0.2, -0.15) is 0 Å². The fourth-order valence-corrected chi connectivity index (χ4v) is 8.92. The van der Waals surface area contributed by atoms with Gasteiger partial charge >= 0.3 is 0 Å². The highest BCUT2D eigenvalue weighted by atomic mass is 32.1. The monoisotopic (exact) mass is 678 g/mol. The molecule has 0 fully saturated rings. The zero-order valence-corrected chi connectivity index (χ0v) is 29.1. The first-order valence-electron chi connectivity index (χ1n) is 17.7. The van der Waals surface area contributed by atoms with Crippen molar-refractivity contribution in [3.63, 3.8) is 0 Å². The molecule has 7 aromatic rings. The van der Waals surface area contributed by atoms with Crippen molar-refractivity contribution in [3.05, 3.63) is 203 Å². The third-order valence-electron chi connectivity index (χ3n) is 10.2. The molecule has 4 atom stereocenters. The van der Waals surface area contributed by atoms with Crippen molar-refractivity contribution in [1.82, 2.24) is 10.6 Å². The van der Waals surface area contributed by atoms with Crippen LogP contribution in [-0.4, -0.2) is 5.84 Å². The number of rotatable bonds is 7. The molecule has 0 saturated heterocycles. The van der Waals surface area contributed by atoms with Crippen LogP contribution >= 0.6 is 11.3 Å². The lowest BCUT2D eigenvalue weighted by atomic mass is 9.75. The zero-order valence-electron chi connectivity index (χ0n) is 28.3. The fraction of sp³-hybridized carbons (Fsp3) is 0.109. The number of aliphatic imine (C=N–C) groups is 1. The first-order chi connectivity index (χ1) is 25.2. The van der Waals surface area contributed by atoms with E-state index in [1.807, 2.05) is 17.4 Å². The number of allylic oxidation sites excluding steroid dienone is 3. The van der Waals surface area contributed by atoms with Crippen LogP contribution in [0, 0.1) is 5.92 Å². The van der Waals surface area contributed by atoms with E-state index in [4.69, 9.17) is 4.99 Å². The number of thiophene rings is 1. The highest BCUT2D eigenvalue weighted by Gasteiger charge is 2.30. The quantitative estimate of drug-likeness (QED) is 0.157. The minimum Gasteiger partial charge on any atom is -0.355 e. The fourth-order valence-electron chi connectivity index (χ4n) is 7.66. The van der Waals surface area contributed by atoms with E-state index in [2.05, 4.69) is 187 Å². The Labute approximate surface area is 302 Å². The minimum absolute atomic E-state index is 0.0858. The molecule has 9 rings (SSSR count). The lowest BCUT2D eigenvalue weighted by molar-refractivity contribution is 0.409. The van der Waals surface area contributed by atoms with Gasteiger partial charge in [0.1, 0.15) is 18.2 Å². The first kappa shape index (κ1) is 31.2. The van der Waals surface area contributed by atoms with Crippen molar-refractivity contribution in [1.29, 1.82) is 0 Å². The molecule has 0 amide bonds. The highest BCUT2D eigenvalue weighted by Crippen LogP contribution is 2.46. The lowest BCUT2D eigenvalue weighted by Gasteiger charge is -2.32. The maximum absolute atomic E-state index is 5.19. The number of nitrogens with zero attached hydrogens (tertiary/aromatic N) is 1. The number of nitrogens with one attached hydrogen (secondary N) is 3. The maximum Gasteiger partial charge on any atom is 0.131 e. The molecule has 1 aliphatic heterocycles. The average molecular weight is 679 g/mol. The second-order valence-corrected chi connectivity index (χ2v) is 14.4. The Morgan fingerprint density at radius 3 is 2.12 bits per heavy atom. The van der Waals surface area contributed by atoms with E-state index >= 15 is 0 Å². The summed E-state index contributed by atoms with van der Waals surface area (Å²) in [5.74, 6) is 1.35. The van der Waals surface area contributed by atoms with Crippen LogP contribution in [0.25, 0.3) is 25.7 Å². The first-order valence-corrected chi connectivity index (χ1v) is 18.5. The molecule has 3 N–H and O–H groups in total. The van der Waals surface area contributed by atoms with Gasteiger partial charge in [-0.1, -0.05) is 153 Å². The molecule has 0 radical (unpaired) electrons. The Hall–Kier alpha value is -5.75. The van der Waals surface area contributed by atoms with Crippen molar-refractivity contribution >= 4 is 48.6 Å².